The van der Waals surface area contributed by atoms with Crippen LogP contribution in [0.5, 0.6) is 0 Å². The maximum atomic E-state index is 5.49. The molecular formula is C49H52N2. The van der Waals surface area contributed by atoms with Crippen LogP contribution in [0.15, 0.2) is 132 Å². The Bertz CT molecular complexity index is 2000. The number of dihydropyridines is 1. The summed E-state index contributed by atoms with van der Waals surface area (Å²) in [4.78, 5) is 10.9. The summed E-state index contributed by atoms with van der Waals surface area (Å²) in [7, 11) is 0. The van der Waals surface area contributed by atoms with E-state index in [0.29, 0.717) is 0 Å². The molecule has 1 aliphatic heterocycles. The fourth-order valence-corrected chi connectivity index (χ4v) is 7.91. The van der Waals surface area contributed by atoms with Crippen molar-refractivity contribution in [3.8, 4) is 22.4 Å². The molecule has 2 nitrogen and oxygen atoms in total. The molecule has 2 heterocycles. The highest BCUT2D eigenvalue weighted by Crippen LogP contribution is 2.49. The largest absolute Gasteiger partial charge is 0.252 e. The van der Waals surface area contributed by atoms with Crippen LogP contribution >= 0.6 is 0 Å². The van der Waals surface area contributed by atoms with Crippen LogP contribution in [0.4, 0.5) is 0 Å². The van der Waals surface area contributed by atoms with E-state index in [4.69, 9.17) is 9.98 Å². The number of benzene rings is 4. The van der Waals surface area contributed by atoms with Crippen LogP contribution in [-0.2, 0) is 12.8 Å². The summed E-state index contributed by atoms with van der Waals surface area (Å²) in [6.45, 7) is 6.90. The van der Waals surface area contributed by atoms with Crippen LogP contribution in [0.3, 0.4) is 0 Å². The zero-order valence-corrected chi connectivity index (χ0v) is 30.7. The van der Waals surface area contributed by atoms with Crippen LogP contribution in [0.2, 0.25) is 0 Å². The van der Waals surface area contributed by atoms with Crippen LogP contribution in [0, 0.1) is 5.92 Å². The number of nitrogens with zero attached hydrogens (tertiary/aromatic N) is 2. The standard InChI is InChI=1S/C49H52N2/c1-4-6-8-12-18-36-24-28-40(29-25-36)45-33-43(39-22-16-11-17-23-39)48-35(3)49-44(34-47(48)50-45)42(38-20-14-10-15-21-38)32-46(51-49)41-30-26-37(27-31-41)19-13-9-7-5-2/h10-11,14-17,20-35,48H,4-9,12-13,18-19H2,1-3H3. The molecule has 2 unspecified atom stereocenters. The van der Waals surface area contributed by atoms with Crippen LogP contribution in [0.25, 0.3) is 34.0 Å². The van der Waals surface area contributed by atoms with Gasteiger partial charge in [-0.05, 0) is 77.3 Å². The molecule has 4 aromatic carbocycles. The zero-order valence-electron chi connectivity index (χ0n) is 30.7. The summed E-state index contributed by atoms with van der Waals surface area (Å²) in [6, 6.07) is 42.3. The fourth-order valence-electron chi connectivity index (χ4n) is 7.91. The average Bonchev–Trinajstić information content (AvgIpc) is 3.19. The van der Waals surface area contributed by atoms with Gasteiger partial charge in [0.15, 0.2) is 0 Å². The Labute approximate surface area is 306 Å². The van der Waals surface area contributed by atoms with Gasteiger partial charge in [0, 0.05) is 34.2 Å². The molecule has 7 rings (SSSR count). The Morgan fingerprint density at radius 2 is 1.12 bits per heavy atom. The molecule has 258 valence electrons. The third-order valence-electron chi connectivity index (χ3n) is 10.8. The van der Waals surface area contributed by atoms with Crippen molar-refractivity contribution in [3.05, 3.63) is 161 Å². The number of rotatable bonds is 14. The first-order valence-corrected chi connectivity index (χ1v) is 19.5. The Hall–Kier alpha value is -4.82. The number of allylic oxidation sites excluding steroid dienone is 2. The summed E-state index contributed by atoms with van der Waals surface area (Å²) < 4.78 is 0. The van der Waals surface area contributed by atoms with E-state index in [2.05, 4.69) is 148 Å². The fraction of sp³-hybridized carbons (Fsp3) is 0.306. The van der Waals surface area contributed by atoms with Gasteiger partial charge in [-0.3, -0.25) is 9.98 Å². The summed E-state index contributed by atoms with van der Waals surface area (Å²) in [5.41, 5.74) is 15.7. The van der Waals surface area contributed by atoms with E-state index in [1.54, 1.807) is 0 Å². The lowest BCUT2D eigenvalue weighted by molar-refractivity contribution is 0.600. The van der Waals surface area contributed by atoms with Crippen molar-refractivity contribution in [3.63, 3.8) is 0 Å². The number of unbranched alkanes of at least 4 members (excludes halogenated alkanes) is 6. The highest BCUT2D eigenvalue weighted by Gasteiger charge is 2.37. The van der Waals surface area contributed by atoms with Crippen molar-refractivity contribution in [2.45, 2.75) is 90.9 Å². The van der Waals surface area contributed by atoms with E-state index in [1.807, 2.05) is 0 Å². The molecule has 1 aliphatic carbocycles. The second-order valence-corrected chi connectivity index (χ2v) is 14.5. The molecule has 0 spiro atoms. The molecule has 0 fully saturated rings. The average molecular weight is 669 g/mol. The summed E-state index contributed by atoms with van der Waals surface area (Å²) in [5, 5.41) is 0. The highest BCUT2D eigenvalue weighted by molar-refractivity contribution is 6.15. The van der Waals surface area contributed by atoms with Crippen molar-refractivity contribution in [2.75, 3.05) is 0 Å². The van der Waals surface area contributed by atoms with Crippen molar-refractivity contribution < 1.29 is 0 Å². The van der Waals surface area contributed by atoms with E-state index in [1.165, 1.54) is 101 Å². The molecule has 0 radical (unpaired) electrons. The van der Waals surface area contributed by atoms with E-state index in [0.717, 1.165) is 35.6 Å². The summed E-state index contributed by atoms with van der Waals surface area (Å²) in [5.74, 6) is 0.251. The molecule has 2 aliphatic rings. The lowest BCUT2D eigenvalue weighted by atomic mass is 9.72. The molecule has 1 aromatic heterocycles. The van der Waals surface area contributed by atoms with Gasteiger partial charge in [-0.15, -0.1) is 0 Å². The van der Waals surface area contributed by atoms with Gasteiger partial charge in [0.05, 0.1) is 17.1 Å². The van der Waals surface area contributed by atoms with Crippen molar-refractivity contribution >= 4 is 17.4 Å². The second-order valence-electron chi connectivity index (χ2n) is 14.5. The third kappa shape index (κ3) is 7.91. The van der Waals surface area contributed by atoms with Gasteiger partial charge < -0.3 is 0 Å². The minimum absolute atomic E-state index is 0.110. The predicted molar refractivity (Wildman–Crippen MR) is 218 cm³/mol. The topological polar surface area (TPSA) is 25.2 Å². The Kier molecular flexibility index (Phi) is 11.2. The highest BCUT2D eigenvalue weighted by atomic mass is 14.8. The molecule has 0 saturated heterocycles. The number of hydrogen-bond donors (Lipinski definition) is 0. The third-order valence-corrected chi connectivity index (χ3v) is 10.8. The van der Waals surface area contributed by atoms with Gasteiger partial charge in [0.25, 0.3) is 0 Å². The maximum Gasteiger partial charge on any atom is 0.0712 e. The van der Waals surface area contributed by atoms with Crippen LogP contribution in [-0.4, -0.2) is 10.7 Å². The van der Waals surface area contributed by atoms with E-state index in [9.17, 15) is 0 Å². The first kappa shape index (κ1) is 34.6. The molecular weight excluding hydrogens is 617 g/mol. The number of aryl methyl sites for hydroxylation is 2. The molecule has 2 atom stereocenters. The number of fused-ring (bicyclic) bond motifs is 2. The van der Waals surface area contributed by atoms with Gasteiger partial charge in [-0.2, -0.15) is 0 Å². The number of hydrogen-bond acceptors (Lipinski definition) is 2. The van der Waals surface area contributed by atoms with Gasteiger partial charge in [0.2, 0.25) is 0 Å². The zero-order chi connectivity index (χ0) is 35.0. The van der Waals surface area contributed by atoms with E-state index in [-0.39, 0.29) is 11.8 Å². The SMILES string of the molecule is CCCCCCc1ccc(C2=NC3=Cc4c(-c5ccccc5)cc(-c5ccc(CCCCCC)cc5)nc4C(C)C3C(c3ccccc3)=C2)cc1. The second kappa shape index (κ2) is 16.5. The first-order valence-electron chi connectivity index (χ1n) is 19.5. The molecule has 0 saturated carbocycles. The molecule has 5 aromatic rings. The van der Waals surface area contributed by atoms with Crippen molar-refractivity contribution in [1.82, 2.24) is 4.98 Å². The van der Waals surface area contributed by atoms with Crippen LogP contribution < -0.4 is 0 Å². The van der Waals surface area contributed by atoms with E-state index < -0.39 is 0 Å². The number of aliphatic imine (C=N–C) groups is 1. The normalized spacial score (nSPS) is 16.5. The summed E-state index contributed by atoms with van der Waals surface area (Å²) in [6.07, 6.45) is 17.2. The molecule has 0 amide bonds. The van der Waals surface area contributed by atoms with E-state index >= 15 is 0 Å². The summed E-state index contributed by atoms with van der Waals surface area (Å²) >= 11 is 0. The maximum absolute atomic E-state index is 5.49. The van der Waals surface area contributed by atoms with Crippen LogP contribution in [0.1, 0.15) is 112 Å². The monoisotopic (exact) mass is 668 g/mol. The first-order chi connectivity index (χ1) is 25.1. The Morgan fingerprint density at radius 1 is 0.549 bits per heavy atom. The Morgan fingerprint density at radius 3 is 1.71 bits per heavy atom. The van der Waals surface area contributed by atoms with Crippen molar-refractivity contribution in [1.29, 1.82) is 0 Å². The quantitative estimate of drug-likeness (QED) is 0.108. The predicted octanol–water partition coefficient (Wildman–Crippen LogP) is 13.3. The minimum Gasteiger partial charge on any atom is -0.252 e. The smallest absolute Gasteiger partial charge is 0.0712 e. The molecule has 0 bridgehead atoms. The van der Waals surface area contributed by atoms with Crippen molar-refractivity contribution in [2.24, 2.45) is 10.9 Å². The molecule has 51 heavy (non-hydrogen) atoms. The number of aromatic nitrogens is 1. The lowest BCUT2D eigenvalue weighted by Crippen LogP contribution is -2.24. The van der Waals surface area contributed by atoms with Gasteiger partial charge in [-0.1, -0.05) is 168 Å². The van der Waals surface area contributed by atoms with Gasteiger partial charge in [-0.25, -0.2) is 0 Å². The molecule has 2 heteroatoms. The minimum atomic E-state index is 0.110. The number of pyridine rings is 1. The molecule has 0 N–H and O–H groups in total. The lowest BCUT2D eigenvalue weighted by Gasteiger charge is -2.35. The van der Waals surface area contributed by atoms with Gasteiger partial charge in [0.1, 0.15) is 0 Å². The van der Waals surface area contributed by atoms with Gasteiger partial charge >= 0.3 is 0 Å². The Balaban J connectivity index is 1.30.